The minimum Gasteiger partial charge on any atom is -0.330 e. The first kappa shape index (κ1) is 14.1. The van der Waals surface area contributed by atoms with E-state index in [2.05, 4.69) is 26.0 Å². The van der Waals surface area contributed by atoms with E-state index in [0.717, 1.165) is 18.7 Å². The highest BCUT2D eigenvalue weighted by atomic mass is 16.2. The van der Waals surface area contributed by atoms with E-state index in [-0.39, 0.29) is 11.8 Å². The Morgan fingerprint density at radius 2 is 2.21 bits per heavy atom. The van der Waals surface area contributed by atoms with Crippen molar-refractivity contribution >= 4 is 11.6 Å². The Balaban J connectivity index is 2.16. The largest absolute Gasteiger partial charge is 0.330 e. The molecule has 0 aliphatic heterocycles. The lowest BCUT2D eigenvalue weighted by Gasteiger charge is -2.26. The number of hydrogen-bond donors (Lipinski definition) is 1. The molecule has 19 heavy (non-hydrogen) atoms. The Hall–Kier alpha value is -1.35. The monoisotopic (exact) mass is 260 g/mol. The summed E-state index contributed by atoms with van der Waals surface area (Å²) in [5.41, 5.74) is 7.78. The lowest BCUT2D eigenvalue weighted by atomic mass is 10.0. The fraction of sp³-hybridized carbons (Fsp3) is 0.562. The van der Waals surface area contributed by atoms with Crippen molar-refractivity contribution in [3.63, 3.8) is 0 Å². The molecule has 1 amide bonds. The van der Waals surface area contributed by atoms with E-state index in [0.29, 0.717) is 12.5 Å². The van der Waals surface area contributed by atoms with Crippen LogP contribution in [0.5, 0.6) is 0 Å². The van der Waals surface area contributed by atoms with E-state index >= 15 is 0 Å². The standard InChI is InChI=1S/C16H24N2O/c1-12-5-3-6-15(11-12)18(10-4-9-17)16(19)13(2)14-7-8-14/h3,5-6,11,13-14H,4,7-10,17H2,1-2H3. The van der Waals surface area contributed by atoms with E-state index in [1.54, 1.807) is 0 Å². The van der Waals surface area contributed by atoms with Crippen molar-refractivity contribution in [2.24, 2.45) is 17.6 Å². The van der Waals surface area contributed by atoms with Crippen LogP contribution in [0.2, 0.25) is 0 Å². The third-order valence-electron chi connectivity index (χ3n) is 3.88. The molecule has 1 atom stereocenters. The van der Waals surface area contributed by atoms with Gasteiger partial charge in [-0.1, -0.05) is 19.1 Å². The molecule has 1 fully saturated rings. The second kappa shape index (κ2) is 6.20. The van der Waals surface area contributed by atoms with Gasteiger partial charge in [-0.25, -0.2) is 0 Å². The summed E-state index contributed by atoms with van der Waals surface area (Å²) in [4.78, 5) is 14.5. The van der Waals surface area contributed by atoms with Gasteiger partial charge in [0.25, 0.3) is 0 Å². The summed E-state index contributed by atoms with van der Waals surface area (Å²) in [7, 11) is 0. The summed E-state index contributed by atoms with van der Waals surface area (Å²) < 4.78 is 0. The highest BCUT2D eigenvalue weighted by molar-refractivity contribution is 5.95. The highest BCUT2D eigenvalue weighted by Crippen LogP contribution is 2.38. The molecule has 0 aromatic heterocycles. The van der Waals surface area contributed by atoms with Crippen LogP contribution in [0.25, 0.3) is 0 Å². The highest BCUT2D eigenvalue weighted by Gasteiger charge is 2.35. The summed E-state index contributed by atoms with van der Waals surface area (Å²) >= 11 is 0. The maximum Gasteiger partial charge on any atom is 0.230 e. The molecular formula is C16H24N2O. The smallest absolute Gasteiger partial charge is 0.230 e. The van der Waals surface area contributed by atoms with Gasteiger partial charge in [0.2, 0.25) is 5.91 Å². The molecule has 1 unspecified atom stereocenters. The van der Waals surface area contributed by atoms with E-state index in [4.69, 9.17) is 5.73 Å². The van der Waals surface area contributed by atoms with Gasteiger partial charge in [0, 0.05) is 18.2 Å². The Labute approximate surface area is 115 Å². The van der Waals surface area contributed by atoms with E-state index in [1.165, 1.54) is 18.4 Å². The lowest BCUT2D eigenvalue weighted by Crippen LogP contribution is -2.37. The first-order valence-corrected chi connectivity index (χ1v) is 7.21. The zero-order valence-corrected chi connectivity index (χ0v) is 11.9. The third kappa shape index (κ3) is 3.57. The molecule has 1 aromatic carbocycles. The van der Waals surface area contributed by atoms with Gasteiger partial charge in [-0.05, 0) is 56.3 Å². The summed E-state index contributed by atoms with van der Waals surface area (Å²) in [5.74, 6) is 0.984. The molecule has 1 aliphatic rings. The maximum absolute atomic E-state index is 12.6. The van der Waals surface area contributed by atoms with E-state index < -0.39 is 0 Å². The van der Waals surface area contributed by atoms with Crippen molar-refractivity contribution in [1.29, 1.82) is 0 Å². The van der Waals surface area contributed by atoms with Crippen LogP contribution in [0.4, 0.5) is 5.69 Å². The van der Waals surface area contributed by atoms with Gasteiger partial charge in [-0.15, -0.1) is 0 Å². The summed E-state index contributed by atoms with van der Waals surface area (Å²) in [6.07, 6.45) is 3.24. The first-order valence-electron chi connectivity index (χ1n) is 7.21. The first-order chi connectivity index (χ1) is 9.13. The van der Waals surface area contributed by atoms with Crippen LogP contribution in [-0.2, 0) is 4.79 Å². The molecule has 104 valence electrons. The van der Waals surface area contributed by atoms with Gasteiger partial charge >= 0.3 is 0 Å². The average molecular weight is 260 g/mol. The van der Waals surface area contributed by atoms with Gasteiger partial charge in [0.1, 0.15) is 0 Å². The number of anilines is 1. The number of benzene rings is 1. The zero-order valence-electron chi connectivity index (χ0n) is 11.9. The van der Waals surface area contributed by atoms with Crippen LogP contribution in [0, 0.1) is 18.8 Å². The molecule has 0 bridgehead atoms. The van der Waals surface area contributed by atoms with Gasteiger partial charge in [0.15, 0.2) is 0 Å². The van der Waals surface area contributed by atoms with Crippen molar-refractivity contribution in [3.05, 3.63) is 29.8 Å². The third-order valence-corrected chi connectivity index (χ3v) is 3.88. The van der Waals surface area contributed by atoms with Crippen LogP contribution < -0.4 is 10.6 Å². The Morgan fingerprint density at radius 3 is 2.79 bits per heavy atom. The average Bonchev–Trinajstić information content (AvgIpc) is 3.22. The van der Waals surface area contributed by atoms with Gasteiger partial charge in [-0.3, -0.25) is 4.79 Å². The Kier molecular flexibility index (Phi) is 4.59. The summed E-state index contributed by atoms with van der Waals surface area (Å²) in [6, 6.07) is 8.16. The van der Waals surface area contributed by atoms with Crippen LogP contribution in [0.15, 0.2) is 24.3 Å². The molecule has 3 nitrogen and oxygen atoms in total. The number of amides is 1. The van der Waals surface area contributed by atoms with Crippen molar-refractivity contribution in [2.45, 2.75) is 33.1 Å². The van der Waals surface area contributed by atoms with Crippen LogP contribution in [0.3, 0.4) is 0 Å². The van der Waals surface area contributed by atoms with Crippen LogP contribution >= 0.6 is 0 Å². The summed E-state index contributed by atoms with van der Waals surface area (Å²) in [6.45, 7) is 5.45. The van der Waals surface area contributed by atoms with Gasteiger partial charge in [0.05, 0.1) is 0 Å². The number of hydrogen-bond acceptors (Lipinski definition) is 2. The minimum atomic E-state index is 0.137. The molecule has 0 saturated heterocycles. The van der Waals surface area contributed by atoms with Gasteiger partial charge < -0.3 is 10.6 Å². The fourth-order valence-corrected chi connectivity index (χ4v) is 2.46. The van der Waals surface area contributed by atoms with Crippen LogP contribution in [-0.4, -0.2) is 19.0 Å². The molecule has 2 rings (SSSR count). The minimum absolute atomic E-state index is 0.137. The molecule has 3 heteroatoms. The quantitative estimate of drug-likeness (QED) is 0.855. The van der Waals surface area contributed by atoms with E-state index in [9.17, 15) is 4.79 Å². The fourth-order valence-electron chi connectivity index (χ4n) is 2.46. The zero-order chi connectivity index (χ0) is 13.8. The number of aryl methyl sites for hydroxylation is 1. The number of nitrogens with two attached hydrogens (primary N) is 1. The molecule has 1 aliphatic carbocycles. The molecule has 2 N–H and O–H groups in total. The van der Waals surface area contributed by atoms with Crippen molar-refractivity contribution in [2.75, 3.05) is 18.0 Å². The van der Waals surface area contributed by atoms with Crippen molar-refractivity contribution in [1.82, 2.24) is 0 Å². The molecule has 0 radical (unpaired) electrons. The number of carbonyl (C=O) groups excluding carboxylic acids is 1. The predicted octanol–water partition coefficient (Wildman–Crippen LogP) is 2.72. The van der Waals surface area contributed by atoms with E-state index in [1.807, 2.05) is 17.0 Å². The van der Waals surface area contributed by atoms with Crippen molar-refractivity contribution in [3.8, 4) is 0 Å². The predicted molar refractivity (Wildman–Crippen MR) is 79.1 cm³/mol. The topological polar surface area (TPSA) is 46.3 Å². The number of nitrogens with zero attached hydrogens (tertiary/aromatic N) is 1. The second-order valence-corrected chi connectivity index (χ2v) is 5.60. The molecule has 1 saturated carbocycles. The molecule has 1 aromatic rings. The Bertz CT molecular complexity index is 440. The second-order valence-electron chi connectivity index (χ2n) is 5.60. The SMILES string of the molecule is Cc1cccc(N(CCCN)C(=O)C(C)C2CC2)c1. The van der Waals surface area contributed by atoms with Crippen molar-refractivity contribution < 1.29 is 4.79 Å². The molecule has 0 spiro atoms. The van der Waals surface area contributed by atoms with Gasteiger partial charge in [-0.2, -0.15) is 0 Å². The Morgan fingerprint density at radius 1 is 1.47 bits per heavy atom. The molecular weight excluding hydrogens is 236 g/mol. The van der Waals surface area contributed by atoms with Crippen LogP contribution in [0.1, 0.15) is 31.7 Å². The maximum atomic E-state index is 12.6. The number of rotatable bonds is 6. The summed E-state index contributed by atoms with van der Waals surface area (Å²) in [5, 5.41) is 0. The normalized spacial score (nSPS) is 16.2. The number of carbonyl (C=O) groups is 1. The lowest BCUT2D eigenvalue weighted by molar-refractivity contribution is -0.122. The molecule has 0 heterocycles.